The first kappa shape index (κ1) is 21.6. The lowest BCUT2D eigenvalue weighted by Gasteiger charge is -2.20. The summed E-state index contributed by atoms with van der Waals surface area (Å²) < 4.78 is 38.1. The van der Waals surface area contributed by atoms with Crippen LogP contribution in [0.15, 0.2) is 24.3 Å². The number of fused-ring (bicyclic) bond motifs is 2. The number of carbonyl (C=O) groups is 1. The van der Waals surface area contributed by atoms with Gasteiger partial charge in [0.15, 0.2) is 6.29 Å². The summed E-state index contributed by atoms with van der Waals surface area (Å²) in [6.45, 7) is 8.52. The van der Waals surface area contributed by atoms with Crippen LogP contribution in [-0.2, 0) is 20.5 Å². The maximum Gasteiger partial charge on any atom is 0.492 e. The molecule has 0 amide bonds. The minimum absolute atomic E-state index is 0.0143. The van der Waals surface area contributed by atoms with Crippen LogP contribution in [0.3, 0.4) is 0 Å². The highest BCUT2D eigenvalue weighted by molar-refractivity contribution is 6.62. The molecule has 0 fully saturated rings. The molecule has 4 rings (SSSR count). The van der Waals surface area contributed by atoms with Gasteiger partial charge in [0.05, 0.1) is 16.8 Å². The van der Waals surface area contributed by atoms with Gasteiger partial charge in [-0.05, 0) is 57.2 Å². The lowest BCUT2D eigenvalue weighted by molar-refractivity contribution is 0.0963. The zero-order valence-corrected chi connectivity index (χ0v) is 16.9. The van der Waals surface area contributed by atoms with Crippen molar-refractivity contribution in [3.63, 3.8) is 0 Å². The summed E-state index contributed by atoms with van der Waals surface area (Å²) in [4.78, 5) is 10.6. The second-order valence-electron chi connectivity index (χ2n) is 8.17. The van der Waals surface area contributed by atoms with E-state index in [1.54, 1.807) is 46.8 Å². The third-order valence-corrected chi connectivity index (χ3v) is 5.25. The van der Waals surface area contributed by atoms with Crippen molar-refractivity contribution in [1.82, 2.24) is 0 Å². The van der Waals surface area contributed by atoms with Crippen LogP contribution in [0.25, 0.3) is 0 Å². The molecule has 0 saturated heterocycles. The fourth-order valence-electron chi connectivity index (χ4n) is 3.83. The summed E-state index contributed by atoms with van der Waals surface area (Å²) >= 11 is 0. The van der Waals surface area contributed by atoms with E-state index in [0.717, 1.165) is 0 Å². The summed E-state index contributed by atoms with van der Waals surface area (Å²) in [5.41, 5.74) is 0.586. The first-order valence-corrected chi connectivity index (χ1v) is 9.20. The van der Waals surface area contributed by atoms with Crippen LogP contribution in [0.2, 0.25) is 0 Å². The molecular formula is C20H22B2F2O5. The Balaban J connectivity index is 0.000000166. The Morgan fingerprint density at radius 1 is 0.862 bits per heavy atom. The molecule has 0 atom stereocenters. The highest BCUT2D eigenvalue weighted by Crippen LogP contribution is 2.33. The van der Waals surface area contributed by atoms with Gasteiger partial charge in [-0.1, -0.05) is 18.2 Å². The van der Waals surface area contributed by atoms with Crippen molar-refractivity contribution in [3.8, 4) is 0 Å². The van der Waals surface area contributed by atoms with Crippen LogP contribution in [0.4, 0.5) is 8.78 Å². The van der Waals surface area contributed by atoms with Crippen molar-refractivity contribution >= 4 is 31.4 Å². The number of aldehydes is 1. The molecule has 0 aromatic heterocycles. The third kappa shape index (κ3) is 3.64. The average molecular weight is 402 g/mol. The van der Waals surface area contributed by atoms with Gasteiger partial charge in [-0.15, -0.1) is 0 Å². The molecule has 152 valence electrons. The Labute approximate surface area is 168 Å². The topological polar surface area (TPSA) is 76.0 Å². The fraction of sp³-hybridized carbons (Fsp3) is 0.350. The second-order valence-corrected chi connectivity index (χ2v) is 8.17. The van der Waals surface area contributed by atoms with E-state index in [9.17, 15) is 23.6 Å². The van der Waals surface area contributed by atoms with E-state index in [4.69, 9.17) is 9.31 Å². The number of carbonyl (C=O) groups excluding carboxylic acids is 1. The first-order chi connectivity index (χ1) is 13.4. The molecule has 2 aromatic rings. The predicted octanol–water partition coefficient (Wildman–Crippen LogP) is 1.68. The number of aryl methyl sites for hydroxylation is 1. The Morgan fingerprint density at radius 2 is 1.31 bits per heavy atom. The standard InChI is InChI=1S/C10H10BFO3.C10H12BFO2/c1-10(2)8-7(11(14)15-10)4-3-6(5-13)9(8)12;1-6-4-5-7-8(9(6)12)10(2,3)14-11(7)13/h3-5,14H,1-2H3;4-5,13H,1-3H3. The molecular weight excluding hydrogens is 380 g/mol. The number of halogens is 2. The molecule has 0 unspecified atom stereocenters. The van der Waals surface area contributed by atoms with Crippen molar-refractivity contribution in [2.75, 3.05) is 0 Å². The fourth-order valence-corrected chi connectivity index (χ4v) is 3.83. The Kier molecular flexibility index (Phi) is 5.47. The second kappa shape index (κ2) is 7.32. The molecule has 0 saturated carbocycles. The van der Waals surface area contributed by atoms with E-state index < -0.39 is 31.3 Å². The molecule has 0 aliphatic carbocycles. The molecule has 0 spiro atoms. The van der Waals surface area contributed by atoms with Crippen LogP contribution < -0.4 is 10.9 Å². The molecule has 2 aromatic carbocycles. The normalized spacial score (nSPS) is 18.1. The molecule has 0 bridgehead atoms. The maximum atomic E-state index is 13.8. The molecule has 5 nitrogen and oxygen atoms in total. The SMILES string of the molecule is CC1(C)OB(O)c2ccc(C=O)c(F)c21.Cc1ccc2c(c1F)C(C)(C)OB2O. The smallest absolute Gasteiger partial charge is 0.423 e. The monoisotopic (exact) mass is 402 g/mol. The van der Waals surface area contributed by atoms with Gasteiger partial charge in [0.2, 0.25) is 0 Å². The summed E-state index contributed by atoms with van der Waals surface area (Å²) in [5.74, 6) is -0.881. The van der Waals surface area contributed by atoms with Crippen LogP contribution in [0.1, 0.15) is 54.7 Å². The molecule has 2 N–H and O–H groups in total. The average Bonchev–Trinajstić information content (AvgIpc) is 3.00. The minimum Gasteiger partial charge on any atom is -0.423 e. The van der Waals surface area contributed by atoms with Crippen molar-refractivity contribution in [2.24, 2.45) is 0 Å². The predicted molar refractivity (Wildman–Crippen MR) is 106 cm³/mol. The van der Waals surface area contributed by atoms with Crippen molar-refractivity contribution < 1.29 is 32.9 Å². The van der Waals surface area contributed by atoms with Gasteiger partial charge in [-0.2, -0.15) is 0 Å². The Bertz CT molecular complexity index is 978. The Hall–Kier alpha value is -2.06. The van der Waals surface area contributed by atoms with E-state index in [0.29, 0.717) is 28.3 Å². The lowest BCUT2D eigenvalue weighted by Crippen LogP contribution is -2.28. The molecule has 9 heteroatoms. The van der Waals surface area contributed by atoms with Gasteiger partial charge >= 0.3 is 14.2 Å². The van der Waals surface area contributed by atoms with E-state index in [-0.39, 0.29) is 16.9 Å². The largest absolute Gasteiger partial charge is 0.492 e. The maximum absolute atomic E-state index is 13.8. The molecule has 0 radical (unpaired) electrons. The van der Waals surface area contributed by atoms with Crippen molar-refractivity contribution in [1.29, 1.82) is 0 Å². The minimum atomic E-state index is -1.12. The van der Waals surface area contributed by atoms with Crippen molar-refractivity contribution in [2.45, 2.75) is 45.8 Å². The molecule has 2 heterocycles. The number of hydrogen-bond acceptors (Lipinski definition) is 5. The van der Waals surface area contributed by atoms with Crippen LogP contribution in [0, 0.1) is 18.6 Å². The van der Waals surface area contributed by atoms with Gasteiger partial charge in [0.1, 0.15) is 11.6 Å². The first-order valence-electron chi connectivity index (χ1n) is 9.20. The zero-order valence-electron chi connectivity index (χ0n) is 16.9. The summed E-state index contributed by atoms with van der Waals surface area (Å²) in [6.07, 6.45) is 0.455. The summed E-state index contributed by atoms with van der Waals surface area (Å²) in [6, 6.07) is 6.23. The van der Waals surface area contributed by atoms with E-state index in [1.165, 1.54) is 12.1 Å². The van der Waals surface area contributed by atoms with Crippen LogP contribution >= 0.6 is 0 Å². The van der Waals surface area contributed by atoms with Gasteiger partial charge < -0.3 is 19.4 Å². The lowest BCUT2D eigenvalue weighted by atomic mass is 9.77. The van der Waals surface area contributed by atoms with Crippen LogP contribution in [0.5, 0.6) is 0 Å². The highest BCUT2D eigenvalue weighted by atomic mass is 19.1. The summed E-state index contributed by atoms with van der Waals surface area (Å²) in [7, 11) is -2.12. The Morgan fingerprint density at radius 3 is 1.79 bits per heavy atom. The van der Waals surface area contributed by atoms with Crippen molar-refractivity contribution in [3.05, 3.63) is 58.2 Å². The van der Waals surface area contributed by atoms with E-state index in [1.807, 2.05) is 0 Å². The zero-order chi connectivity index (χ0) is 21.7. The highest BCUT2D eigenvalue weighted by Gasteiger charge is 2.44. The molecule has 2 aliphatic heterocycles. The van der Waals surface area contributed by atoms with E-state index >= 15 is 0 Å². The molecule has 29 heavy (non-hydrogen) atoms. The summed E-state index contributed by atoms with van der Waals surface area (Å²) in [5, 5.41) is 19.1. The third-order valence-electron chi connectivity index (χ3n) is 5.25. The van der Waals surface area contributed by atoms with Gasteiger partial charge in [-0.3, -0.25) is 4.79 Å². The number of hydrogen-bond donors (Lipinski definition) is 2. The molecule has 2 aliphatic rings. The van der Waals surface area contributed by atoms with Gasteiger partial charge in [0.25, 0.3) is 0 Å². The number of benzene rings is 2. The van der Waals surface area contributed by atoms with Gasteiger partial charge in [-0.25, -0.2) is 8.78 Å². The van der Waals surface area contributed by atoms with Crippen LogP contribution in [-0.4, -0.2) is 30.6 Å². The number of rotatable bonds is 1. The van der Waals surface area contributed by atoms with Gasteiger partial charge in [0, 0.05) is 11.1 Å². The van der Waals surface area contributed by atoms with E-state index in [2.05, 4.69) is 0 Å². The quantitative estimate of drug-likeness (QED) is 0.561.